The van der Waals surface area contributed by atoms with Crippen LogP contribution in [-0.4, -0.2) is 56.6 Å². The van der Waals surface area contributed by atoms with Gasteiger partial charge < -0.3 is 14.7 Å². The van der Waals surface area contributed by atoms with Crippen molar-refractivity contribution >= 4 is 17.7 Å². The van der Waals surface area contributed by atoms with Crippen LogP contribution in [0.4, 0.5) is 0 Å². The Bertz CT molecular complexity index is 1210. The van der Waals surface area contributed by atoms with Gasteiger partial charge in [-0.25, -0.2) is 4.79 Å². The fourth-order valence-electron chi connectivity index (χ4n) is 4.44. The number of hydrogen-bond donors (Lipinski definition) is 2. The van der Waals surface area contributed by atoms with Crippen LogP contribution in [0.5, 0.6) is 5.75 Å². The monoisotopic (exact) mass is 431 g/mol. The Morgan fingerprint density at radius 3 is 2.59 bits per heavy atom. The summed E-state index contributed by atoms with van der Waals surface area (Å²) in [5, 5.41) is 16.0. The predicted molar refractivity (Wildman–Crippen MR) is 115 cm³/mol. The highest BCUT2D eigenvalue weighted by Crippen LogP contribution is 2.40. The van der Waals surface area contributed by atoms with Gasteiger partial charge in [0.15, 0.2) is 5.78 Å². The number of nitrogens with zero attached hydrogens (tertiary/aromatic N) is 2. The number of likely N-dealkylation sites (tertiary alicyclic amines) is 1. The summed E-state index contributed by atoms with van der Waals surface area (Å²) in [6.07, 6.45) is 2.91. The first-order valence-electron chi connectivity index (χ1n) is 10.4. The third-order valence-electron chi connectivity index (χ3n) is 6.22. The molecule has 8 heteroatoms. The van der Waals surface area contributed by atoms with Crippen molar-refractivity contribution < 1.29 is 24.2 Å². The van der Waals surface area contributed by atoms with E-state index in [0.29, 0.717) is 42.8 Å². The summed E-state index contributed by atoms with van der Waals surface area (Å²) in [7, 11) is 0. The number of aromatic nitrogens is 2. The number of carboxylic acid groups (broad SMARTS) is 1. The Labute approximate surface area is 183 Å². The summed E-state index contributed by atoms with van der Waals surface area (Å²) in [6, 6.07) is 13.6. The van der Waals surface area contributed by atoms with Crippen LogP contribution in [0.2, 0.25) is 0 Å². The lowest BCUT2D eigenvalue weighted by molar-refractivity contribution is -0.00571. The summed E-state index contributed by atoms with van der Waals surface area (Å²) in [5.74, 6) is -0.848. The summed E-state index contributed by atoms with van der Waals surface area (Å²) >= 11 is 0. The molecule has 3 aromatic rings. The van der Waals surface area contributed by atoms with E-state index in [-0.39, 0.29) is 23.7 Å². The minimum absolute atomic E-state index is 0.0603. The van der Waals surface area contributed by atoms with Crippen molar-refractivity contribution in [1.29, 1.82) is 0 Å². The van der Waals surface area contributed by atoms with Crippen molar-refractivity contribution in [3.63, 3.8) is 0 Å². The number of ketones is 1. The number of amides is 1. The second-order valence-corrected chi connectivity index (χ2v) is 8.24. The molecule has 2 aliphatic rings. The van der Waals surface area contributed by atoms with Crippen LogP contribution in [0.3, 0.4) is 0 Å². The first kappa shape index (κ1) is 20.0. The molecule has 8 nitrogen and oxygen atoms in total. The number of piperidine rings is 1. The van der Waals surface area contributed by atoms with E-state index in [1.165, 1.54) is 12.1 Å². The summed E-state index contributed by atoms with van der Waals surface area (Å²) in [4.78, 5) is 38.8. The van der Waals surface area contributed by atoms with Gasteiger partial charge in [0, 0.05) is 43.3 Å². The molecule has 0 radical (unpaired) electrons. The standard InChI is InChI=1S/C24H21N3O5/c28-20-14-24(32-21-5-4-17(23(30)31)13-18(20)21)7-10-27(11-8-24)22(29)16-3-1-2-15(12-16)19-6-9-25-26-19/h1-6,9,12-13H,7-8,10-11,14H2,(H,25,26)(H,30,31). The zero-order valence-corrected chi connectivity index (χ0v) is 17.2. The zero-order valence-electron chi connectivity index (χ0n) is 17.2. The third-order valence-corrected chi connectivity index (χ3v) is 6.22. The highest BCUT2D eigenvalue weighted by molar-refractivity contribution is 6.02. The molecule has 5 rings (SSSR count). The van der Waals surface area contributed by atoms with E-state index in [1.807, 2.05) is 24.3 Å². The van der Waals surface area contributed by atoms with Gasteiger partial charge in [-0.3, -0.25) is 14.7 Å². The minimum Gasteiger partial charge on any atom is -0.486 e. The molecule has 162 valence electrons. The Kier molecular flexibility index (Phi) is 4.77. The van der Waals surface area contributed by atoms with Crippen molar-refractivity contribution in [3.05, 3.63) is 71.4 Å². The highest BCUT2D eigenvalue weighted by atomic mass is 16.5. The second kappa shape index (κ2) is 7.64. The second-order valence-electron chi connectivity index (χ2n) is 8.24. The molecule has 1 amide bonds. The molecule has 2 aromatic carbocycles. The first-order chi connectivity index (χ1) is 15.4. The SMILES string of the molecule is O=C(O)c1ccc2c(c1)C(=O)CC1(CCN(C(=O)c3cccc(-c4ccn[nH]4)c3)CC1)O2. The molecule has 0 aliphatic carbocycles. The maximum Gasteiger partial charge on any atom is 0.335 e. The lowest BCUT2D eigenvalue weighted by atomic mass is 9.82. The van der Waals surface area contributed by atoms with E-state index in [0.717, 1.165) is 11.3 Å². The van der Waals surface area contributed by atoms with Crippen LogP contribution in [0, 0.1) is 0 Å². The summed E-state index contributed by atoms with van der Waals surface area (Å²) in [5.41, 5.74) is 2.04. The number of H-pyrrole nitrogens is 1. The lowest BCUT2D eigenvalue weighted by Crippen LogP contribution is -2.52. The van der Waals surface area contributed by atoms with Gasteiger partial charge in [-0.1, -0.05) is 12.1 Å². The van der Waals surface area contributed by atoms with E-state index in [2.05, 4.69) is 10.2 Å². The molecule has 0 atom stereocenters. The molecule has 0 unspecified atom stereocenters. The number of carbonyl (C=O) groups is 3. The van der Waals surface area contributed by atoms with Gasteiger partial charge in [0.1, 0.15) is 11.4 Å². The Hall–Kier alpha value is -3.94. The maximum absolute atomic E-state index is 13.1. The molecule has 0 saturated carbocycles. The molecular formula is C24H21N3O5. The van der Waals surface area contributed by atoms with E-state index >= 15 is 0 Å². The molecule has 32 heavy (non-hydrogen) atoms. The van der Waals surface area contributed by atoms with Crippen molar-refractivity contribution in [3.8, 4) is 17.0 Å². The molecule has 2 N–H and O–H groups in total. The quantitative estimate of drug-likeness (QED) is 0.657. The fraction of sp³-hybridized carbons (Fsp3) is 0.250. The molecule has 1 fully saturated rings. The molecule has 1 aromatic heterocycles. The van der Waals surface area contributed by atoms with Gasteiger partial charge >= 0.3 is 5.97 Å². The lowest BCUT2D eigenvalue weighted by Gasteiger charge is -2.44. The number of carbonyl (C=O) groups excluding carboxylic acids is 2. The van der Waals surface area contributed by atoms with Crippen LogP contribution < -0.4 is 4.74 Å². The number of aromatic amines is 1. The number of hydrogen-bond acceptors (Lipinski definition) is 5. The number of aromatic carboxylic acids is 1. The Morgan fingerprint density at radius 2 is 1.88 bits per heavy atom. The number of fused-ring (bicyclic) bond motifs is 1. The number of Topliss-reactive ketones (excluding diaryl/α,β-unsaturated/α-hetero) is 1. The smallest absolute Gasteiger partial charge is 0.335 e. The number of nitrogens with one attached hydrogen (secondary N) is 1. The summed E-state index contributed by atoms with van der Waals surface area (Å²) in [6.45, 7) is 0.950. The Morgan fingerprint density at radius 1 is 1.06 bits per heavy atom. The largest absolute Gasteiger partial charge is 0.486 e. The zero-order chi connectivity index (χ0) is 22.3. The molecule has 1 spiro atoms. The molecule has 1 saturated heterocycles. The first-order valence-corrected chi connectivity index (χ1v) is 10.4. The molecular weight excluding hydrogens is 410 g/mol. The number of carboxylic acids is 1. The van der Waals surface area contributed by atoms with Gasteiger partial charge in [-0.2, -0.15) is 5.10 Å². The van der Waals surface area contributed by atoms with Crippen molar-refractivity contribution in [2.45, 2.75) is 24.9 Å². The minimum atomic E-state index is -1.08. The van der Waals surface area contributed by atoms with Crippen molar-refractivity contribution in [2.24, 2.45) is 0 Å². The average Bonchev–Trinajstić information content (AvgIpc) is 3.34. The topological polar surface area (TPSA) is 113 Å². The van der Waals surface area contributed by atoms with Gasteiger partial charge in [0.2, 0.25) is 0 Å². The van der Waals surface area contributed by atoms with Crippen molar-refractivity contribution in [1.82, 2.24) is 15.1 Å². The Balaban J connectivity index is 1.30. The van der Waals surface area contributed by atoms with Crippen LogP contribution in [0.15, 0.2) is 54.7 Å². The molecule has 2 aliphatic heterocycles. The number of benzene rings is 2. The summed E-state index contributed by atoms with van der Waals surface area (Å²) < 4.78 is 6.20. The van der Waals surface area contributed by atoms with Crippen LogP contribution in [0.25, 0.3) is 11.3 Å². The maximum atomic E-state index is 13.1. The predicted octanol–water partition coefficient (Wildman–Crippen LogP) is 3.42. The van der Waals surface area contributed by atoms with E-state index < -0.39 is 11.6 Å². The number of ether oxygens (including phenoxy) is 1. The normalized spacial score (nSPS) is 17.0. The highest BCUT2D eigenvalue weighted by Gasteiger charge is 2.44. The van der Waals surface area contributed by atoms with Crippen molar-refractivity contribution in [2.75, 3.05) is 13.1 Å². The van der Waals surface area contributed by atoms with Gasteiger partial charge in [-0.05, 0) is 36.4 Å². The van der Waals surface area contributed by atoms with Gasteiger partial charge in [-0.15, -0.1) is 0 Å². The van der Waals surface area contributed by atoms with E-state index in [4.69, 9.17) is 9.84 Å². The van der Waals surface area contributed by atoms with Gasteiger partial charge in [0.05, 0.1) is 23.2 Å². The third kappa shape index (κ3) is 3.53. The average molecular weight is 431 g/mol. The fourth-order valence-corrected chi connectivity index (χ4v) is 4.44. The van der Waals surface area contributed by atoms with Crippen LogP contribution in [0.1, 0.15) is 50.3 Å². The van der Waals surface area contributed by atoms with Gasteiger partial charge in [0.25, 0.3) is 5.91 Å². The number of rotatable bonds is 3. The van der Waals surface area contributed by atoms with Crippen LogP contribution >= 0.6 is 0 Å². The van der Waals surface area contributed by atoms with Crippen LogP contribution in [-0.2, 0) is 0 Å². The molecule has 3 heterocycles. The molecule has 0 bridgehead atoms. The van der Waals surface area contributed by atoms with E-state index in [9.17, 15) is 14.4 Å². The van der Waals surface area contributed by atoms with E-state index in [1.54, 1.807) is 23.2 Å².